The van der Waals surface area contributed by atoms with Crippen LogP contribution in [0.1, 0.15) is 21.5 Å². The molecular weight excluding hydrogens is 314 g/mol. The number of carbonyl (C=O) groups is 2. The van der Waals surface area contributed by atoms with Crippen molar-refractivity contribution in [1.82, 2.24) is 5.43 Å². The first kappa shape index (κ1) is 17.1. The smallest absolute Gasteiger partial charge is 0.269 e. The minimum absolute atomic E-state index is 0.0749. The van der Waals surface area contributed by atoms with E-state index < -0.39 is 10.8 Å². The third-order valence-corrected chi connectivity index (χ3v) is 3.41. The summed E-state index contributed by atoms with van der Waals surface area (Å²) in [6, 6.07) is 9.99. The van der Waals surface area contributed by atoms with E-state index in [4.69, 9.17) is 10.6 Å². The van der Waals surface area contributed by atoms with Crippen molar-refractivity contribution in [3.8, 4) is 5.75 Å². The van der Waals surface area contributed by atoms with Crippen LogP contribution in [0, 0.1) is 10.1 Å². The van der Waals surface area contributed by atoms with Gasteiger partial charge in [-0.25, -0.2) is 5.84 Å². The maximum atomic E-state index is 12.7. The predicted octanol–water partition coefficient (Wildman–Crippen LogP) is 1.37. The number of nitrogens with zero attached hydrogens (tertiary/aromatic N) is 1. The zero-order valence-electron chi connectivity index (χ0n) is 12.8. The standard InChI is InChI=1S/C16H15N3O5/c1-24-13-7-4-11(8-15(20)18-17)14(9-13)16(21)10-2-5-12(6-3-10)19(22)23/h2-7,9H,8,17H2,1H3,(H,18,20). The number of non-ortho nitro benzene ring substituents is 1. The molecule has 0 saturated heterocycles. The van der Waals surface area contributed by atoms with Gasteiger partial charge in [0, 0.05) is 23.3 Å². The molecule has 3 N–H and O–H groups in total. The monoisotopic (exact) mass is 329 g/mol. The molecule has 0 spiro atoms. The molecule has 0 radical (unpaired) electrons. The number of ketones is 1. The van der Waals surface area contributed by atoms with Gasteiger partial charge in [0.1, 0.15) is 5.75 Å². The molecule has 0 saturated carbocycles. The van der Waals surface area contributed by atoms with E-state index in [1.165, 1.54) is 37.4 Å². The van der Waals surface area contributed by atoms with Crippen molar-refractivity contribution in [3.63, 3.8) is 0 Å². The van der Waals surface area contributed by atoms with Crippen LogP contribution in [0.4, 0.5) is 5.69 Å². The van der Waals surface area contributed by atoms with E-state index in [-0.39, 0.29) is 29.0 Å². The third-order valence-electron chi connectivity index (χ3n) is 3.41. The fourth-order valence-electron chi connectivity index (χ4n) is 2.16. The number of nitro benzene ring substituents is 1. The maximum absolute atomic E-state index is 12.7. The van der Waals surface area contributed by atoms with Crippen LogP contribution in [0.3, 0.4) is 0 Å². The van der Waals surface area contributed by atoms with E-state index in [2.05, 4.69) is 0 Å². The Bertz CT molecular complexity index is 787. The van der Waals surface area contributed by atoms with Gasteiger partial charge in [-0.05, 0) is 29.8 Å². The molecular formula is C16H15N3O5. The lowest BCUT2D eigenvalue weighted by atomic mass is 9.96. The lowest BCUT2D eigenvalue weighted by Crippen LogP contribution is -2.31. The van der Waals surface area contributed by atoms with E-state index in [0.29, 0.717) is 11.3 Å². The molecule has 0 unspecified atom stereocenters. The summed E-state index contributed by atoms with van der Waals surface area (Å²) in [5.74, 6) is 4.72. The van der Waals surface area contributed by atoms with Crippen LogP contribution in [0.2, 0.25) is 0 Å². The molecule has 0 heterocycles. The highest BCUT2D eigenvalue weighted by Gasteiger charge is 2.17. The topological polar surface area (TPSA) is 125 Å². The largest absolute Gasteiger partial charge is 0.497 e. The van der Waals surface area contributed by atoms with Crippen molar-refractivity contribution >= 4 is 17.4 Å². The summed E-state index contributed by atoms with van der Waals surface area (Å²) >= 11 is 0. The van der Waals surface area contributed by atoms with Crippen LogP contribution in [0.5, 0.6) is 5.75 Å². The van der Waals surface area contributed by atoms with Gasteiger partial charge in [-0.2, -0.15) is 0 Å². The first-order valence-corrected chi connectivity index (χ1v) is 6.91. The van der Waals surface area contributed by atoms with Gasteiger partial charge in [0.2, 0.25) is 5.91 Å². The Labute approximate surface area is 137 Å². The van der Waals surface area contributed by atoms with Crippen LogP contribution < -0.4 is 16.0 Å². The average Bonchev–Trinajstić information content (AvgIpc) is 2.61. The minimum atomic E-state index is -0.545. The van der Waals surface area contributed by atoms with Crippen LogP contribution in [0.25, 0.3) is 0 Å². The SMILES string of the molecule is COc1ccc(CC(=O)NN)c(C(=O)c2ccc([N+](=O)[O-])cc2)c1. The van der Waals surface area contributed by atoms with E-state index in [1.807, 2.05) is 5.43 Å². The molecule has 8 nitrogen and oxygen atoms in total. The van der Waals surface area contributed by atoms with Crippen LogP contribution in [-0.4, -0.2) is 23.7 Å². The molecule has 0 bridgehead atoms. The van der Waals surface area contributed by atoms with E-state index in [9.17, 15) is 19.7 Å². The Morgan fingerprint density at radius 3 is 2.42 bits per heavy atom. The van der Waals surface area contributed by atoms with Crippen molar-refractivity contribution in [1.29, 1.82) is 0 Å². The van der Waals surface area contributed by atoms with Crippen molar-refractivity contribution < 1.29 is 19.2 Å². The van der Waals surface area contributed by atoms with Crippen LogP contribution in [-0.2, 0) is 11.2 Å². The van der Waals surface area contributed by atoms with Crippen LogP contribution >= 0.6 is 0 Å². The summed E-state index contributed by atoms with van der Waals surface area (Å²) in [7, 11) is 1.46. The van der Waals surface area contributed by atoms with Crippen molar-refractivity contribution in [2.75, 3.05) is 7.11 Å². The second-order valence-electron chi connectivity index (χ2n) is 4.90. The third kappa shape index (κ3) is 3.73. The van der Waals surface area contributed by atoms with E-state index in [0.717, 1.165) is 0 Å². The minimum Gasteiger partial charge on any atom is -0.497 e. The summed E-state index contributed by atoms with van der Waals surface area (Å²) in [6.45, 7) is 0. The van der Waals surface area contributed by atoms with Gasteiger partial charge in [-0.3, -0.25) is 25.1 Å². The number of hydrazine groups is 1. The number of nitro groups is 1. The lowest BCUT2D eigenvalue weighted by molar-refractivity contribution is -0.384. The lowest BCUT2D eigenvalue weighted by Gasteiger charge is -2.10. The predicted molar refractivity (Wildman–Crippen MR) is 85.6 cm³/mol. The number of carbonyl (C=O) groups excluding carboxylic acids is 2. The summed E-state index contributed by atoms with van der Waals surface area (Å²) < 4.78 is 5.11. The molecule has 2 aromatic carbocycles. The summed E-state index contributed by atoms with van der Waals surface area (Å²) in [5.41, 5.74) is 2.91. The first-order chi connectivity index (χ1) is 11.5. The molecule has 24 heavy (non-hydrogen) atoms. The molecule has 1 amide bonds. The normalized spacial score (nSPS) is 10.1. The van der Waals surface area contributed by atoms with E-state index >= 15 is 0 Å². The Morgan fingerprint density at radius 1 is 1.21 bits per heavy atom. The number of rotatable bonds is 6. The summed E-state index contributed by atoms with van der Waals surface area (Å²) in [6.07, 6.45) is -0.0749. The molecule has 0 aliphatic carbocycles. The van der Waals surface area contributed by atoms with Crippen molar-refractivity contribution in [2.45, 2.75) is 6.42 Å². The average molecular weight is 329 g/mol. The van der Waals surface area contributed by atoms with Gasteiger partial charge < -0.3 is 4.74 Å². The number of nitrogens with two attached hydrogens (primary N) is 1. The molecule has 2 aromatic rings. The zero-order chi connectivity index (χ0) is 17.7. The number of methoxy groups -OCH3 is 1. The number of nitrogens with one attached hydrogen (secondary N) is 1. The fraction of sp³-hybridized carbons (Fsp3) is 0.125. The zero-order valence-corrected chi connectivity index (χ0v) is 12.8. The van der Waals surface area contributed by atoms with Crippen molar-refractivity contribution in [2.24, 2.45) is 5.84 Å². The molecule has 0 atom stereocenters. The number of benzene rings is 2. The number of ether oxygens (including phenoxy) is 1. The van der Waals surface area contributed by atoms with Gasteiger partial charge in [0.05, 0.1) is 18.5 Å². The van der Waals surface area contributed by atoms with Crippen molar-refractivity contribution in [3.05, 3.63) is 69.3 Å². The van der Waals surface area contributed by atoms with Gasteiger partial charge >= 0.3 is 0 Å². The molecule has 2 rings (SSSR count). The highest BCUT2D eigenvalue weighted by molar-refractivity contribution is 6.10. The molecule has 124 valence electrons. The Morgan fingerprint density at radius 2 is 1.88 bits per heavy atom. The van der Waals surface area contributed by atoms with Gasteiger partial charge in [0.15, 0.2) is 5.78 Å². The van der Waals surface area contributed by atoms with Gasteiger partial charge in [-0.1, -0.05) is 6.07 Å². The molecule has 0 fully saturated rings. The molecule has 8 heteroatoms. The second kappa shape index (κ2) is 7.34. The highest BCUT2D eigenvalue weighted by atomic mass is 16.6. The van der Waals surface area contributed by atoms with Gasteiger partial charge in [0.25, 0.3) is 5.69 Å². The Hall–Kier alpha value is -3.26. The first-order valence-electron chi connectivity index (χ1n) is 6.91. The molecule has 0 aliphatic rings. The van der Waals surface area contributed by atoms with Gasteiger partial charge in [-0.15, -0.1) is 0 Å². The summed E-state index contributed by atoms with van der Waals surface area (Å²) in [4.78, 5) is 34.4. The summed E-state index contributed by atoms with van der Waals surface area (Å²) in [5, 5.41) is 10.7. The number of hydrogen-bond acceptors (Lipinski definition) is 6. The molecule has 0 aliphatic heterocycles. The highest BCUT2D eigenvalue weighted by Crippen LogP contribution is 2.22. The van der Waals surface area contributed by atoms with E-state index in [1.54, 1.807) is 12.1 Å². The molecule has 0 aromatic heterocycles. The number of amides is 1. The quantitative estimate of drug-likeness (QED) is 0.271. The Balaban J connectivity index is 2.42. The second-order valence-corrected chi connectivity index (χ2v) is 4.90. The Kier molecular flexibility index (Phi) is 5.23. The number of hydrogen-bond donors (Lipinski definition) is 2. The maximum Gasteiger partial charge on any atom is 0.269 e. The van der Waals surface area contributed by atoms with Crippen LogP contribution in [0.15, 0.2) is 42.5 Å². The fourth-order valence-corrected chi connectivity index (χ4v) is 2.16.